The minimum absolute atomic E-state index is 0.684. The molecular weight excluding hydrogens is 264 g/mol. The monoisotopic (exact) mass is 284 g/mol. The van der Waals surface area contributed by atoms with Gasteiger partial charge in [-0.25, -0.2) is 9.97 Å². The number of nitrogens with zero attached hydrogens (tertiary/aromatic N) is 5. The molecule has 3 heterocycles. The van der Waals surface area contributed by atoms with Crippen LogP contribution in [0.2, 0.25) is 0 Å². The van der Waals surface area contributed by atoms with Crippen LogP contribution in [-0.4, -0.2) is 45.0 Å². The third-order valence-electron chi connectivity index (χ3n) is 3.84. The second-order valence-electron chi connectivity index (χ2n) is 5.56. The minimum atomic E-state index is 0.684. The third kappa shape index (κ3) is 3.95. The van der Waals surface area contributed by atoms with E-state index in [0.717, 1.165) is 17.9 Å². The van der Waals surface area contributed by atoms with E-state index in [9.17, 15) is 0 Å². The van der Waals surface area contributed by atoms with Crippen LogP contribution in [0, 0.1) is 5.92 Å². The fraction of sp³-hybridized carbons (Fsp3) is 0.467. The molecule has 1 N–H and O–H groups in total. The molecule has 0 amide bonds. The highest BCUT2D eigenvalue weighted by Gasteiger charge is 2.17. The van der Waals surface area contributed by atoms with E-state index in [1.165, 1.54) is 25.9 Å². The average Bonchev–Trinajstić information content (AvgIpc) is 2.51. The summed E-state index contributed by atoms with van der Waals surface area (Å²) in [6.07, 6.45) is 12.0. The normalized spacial score (nSPS) is 16.8. The first-order valence-corrected chi connectivity index (χ1v) is 7.32. The van der Waals surface area contributed by atoms with Gasteiger partial charge in [0.25, 0.3) is 0 Å². The molecule has 0 radical (unpaired) electrons. The van der Waals surface area contributed by atoms with Crippen LogP contribution in [0.5, 0.6) is 0 Å². The molecule has 0 bridgehead atoms. The van der Waals surface area contributed by atoms with E-state index < -0.39 is 0 Å². The van der Waals surface area contributed by atoms with E-state index in [4.69, 9.17) is 0 Å². The van der Waals surface area contributed by atoms with E-state index in [-0.39, 0.29) is 0 Å². The van der Waals surface area contributed by atoms with Crippen molar-refractivity contribution in [3.63, 3.8) is 0 Å². The number of nitrogens with one attached hydrogen (secondary N) is 1. The van der Waals surface area contributed by atoms with E-state index >= 15 is 0 Å². The van der Waals surface area contributed by atoms with Gasteiger partial charge in [0.05, 0.1) is 18.1 Å². The zero-order valence-corrected chi connectivity index (χ0v) is 12.2. The lowest BCUT2D eigenvalue weighted by atomic mass is 9.92. The zero-order chi connectivity index (χ0) is 14.5. The Morgan fingerprint density at radius 2 is 1.90 bits per heavy atom. The van der Waals surface area contributed by atoms with Crippen molar-refractivity contribution in [3.8, 4) is 0 Å². The van der Waals surface area contributed by atoms with Crippen molar-refractivity contribution in [3.05, 3.63) is 36.7 Å². The van der Waals surface area contributed by atoms with Gasteiger partial charge in [0.1, 0.15) is 11.6 Å². The zero-order valence-electron chi connectivity index (χ0n) is 12.2. The maximum atomic E-state index is 4.63. The SMILES string of the molecule is CN1CCC(Cc2cncc(Nc3cnccn3)n2)CC1. The first-order valence-electron chi connectivity index (χ1n) is 7.32. The molecule has 1 fully saturated rings. The van der Waals surface area contributed by atoms with Gasteiger partial charge in [-0.2, -0.15) is 0 Å². The van der Waals surface area contributed by atoms with Crippen molar-refractivity contribution in [1.29, 1.82) is 0 Å². The van der Waals surface area contributed by atoms with Gasteiger partial charge in [-0.3, -0.25) is 9.97 Å². The van der Waals surface area contributed by atoms with Crippen LogP contribution in [0.1, 0.15) is 18.5 Å². The smallest absolute Gasteiger partial charge is 0.150 e. The Balaban J connectivity index is 1.63. The van der Waals surface area contributed by atoms with Crippen LogP contribution >= 0.6 is 0 Å². The predicted molar refractivity (Wildman–Crippen MR) is 81.3 cm³/mol. The van der Waals surface area contributed by atoms with Gasteiger partial charge in [-0.05, 0) is 45.3 Å². The van der Waals surface area contributed by atoms with Crippen LogP contribution in [0.3, 0.4) is 0 Å². The fourth-order valence-electron chi connectivity index (χ4n) is 2.62. The first kappa shape index (κ1) is 13.9. The minimum Gasteiger partial charge on any atom is -0.322 e. The number of aromatic nitrogens is 4. The van der Waals surface area contributed by atoms with Crippen LogP contribution in [0.15, 0.2) is 31.0 Å². The first-order chi connectivity index (χ1) is 10.3. The molecule has 1 aliphatic rings. The molecule has 0 spiro atoms. The molecule has 0 saturated carbocycles. The highest BCUT2D eigenvalue weighted by molar-refractivity contribution is 5.48. The Morgan fingerprint density at radius 1 is 1.10 bits per heavy atom. The van der Waals surface area contributed by atoms with Crippen molar-refractivity contribution in [2.24, 2.45) is 5.92 Å². The summed E-state index contributed by atoms with van der Waals surface area (Å²) in [6, 6.07) is 0. The lowest BCUT2D eigenvalue weighted by Gasteiger charge is -2.28. The molecule has 0 aromatic carbocycles. The van der Waals surface area contributed by atoms with E-state index in [1.54, 1.807) is 24.8 Å². The van der Waals surface area contributed by atoms with Gasteiger partial charge in [-0.1, -0.05) is 0 Å². The number of piperidine rings is 1. The van der Waals surface area contributed by atoms with Crippen molar-refractivity contribution in [2.45, 2.75) is 19.3 Å². The number of hydrogen-bond donors (Lipinski definition) is 1. The largest absolute Gasteiger partial charge is 0.322 e. The maximum absolute atomic E-state index is 4.63. The molecule has 0 atom stereocenters. The van der Waals surface area contributed by atoms with Crippen molar-refractivity contribution < 1.29 is 0 Å². The molecule has 21 heavy (non-hydrogen) atoms. The second-order valence-corrected chi connectivity index (χ2v) is 5.56. The second kappa shape index (κ2) is 6.58. The van der Waals surface area contributed by atoms with Gasteiger partial charge < -0.3 is 10.2 Å². The predicted octanol–water partition coefficient (Wildman–Crippen LogP) is 1.89. The van der Waals surface area contributed by atoms with Gasteiger partial charge in [0.15, 0.2) is 0 Å². The summed E-state index contributed by atoms with van der Waals surface area (Å²) in [5.41, 5.74) is 1.04. The Bertz CT molecular complexity index is 565. The van der Waals surface area contributed by atoms with Crippen LogP contribution in [-0.2, 0) is 6.42 Å². The molecule has 1 aliphatic heterocycles. The van der Waals surface area contributed by atoms with E-state index in [1.807, 2.05) is 6.20 Å². The Labute approximate surface area is 124 Å². The Kier molecular flexibility index (Phi) is 4.35. The van der Waals surface area contributed by atoms with Crippen molar-refractivity contribution in [1.82, 2.24) is 24.8 Å². The summed E-state index contributed by atoms with van der Waals surface area (Å²) in [5, 5.41) is 3.13. The van der Waals surface area contributed by atoms with Gasteiger partial charge >= 0.3 is 0 Å². The topological polar surface area (TPSA) is 66.8 Å². The fourth-order valence-corrected chi connectivity index (χ4v) is 2.62. The Morgan fingerprint density at radius 3 is 2.67 bits per heavy atom. The van der Waals surface area contributed by atoms with Crippen LogP contribution < -0.4 is 5.32 Å². The Hall–Kier alpha value is -2.08. The van der Waals surface area contributed by atoms with Crippen molar-refractivity contribution >= 4 is 11.6 Å². The molecule has 2 aromatic heterocycles. The summed E-state index contributed by atoms with van der Waals surface area (Å²) >= 11 is 0. The summed E-state index contributed by atoms with van der Waals surface area (Å²) in [7, 11) is 2.18. The molecular formula is C15H20N6. The quantitative estimate of drug-likeness (QED) is 0.925. The van der Waals surface area contributed by atoms with E-state index in [0.29, 0.717) is 11.7 Å². The molecule has 2 aromatic rings. The molecule has 1 saturated heterocycles. The van der Waals surface area contributed by atoms with E-state index in [2.05, 4.69) is 37.2 Å². The van der Waals surface area contributed by atoms with Crippen LogP contribution in [0.4, 0.5) is 11.6 Å². The highest BCUT2D eigenvalue weighted by atomic mass is 15.1. The maximum Gasteiger partial charge on any atom is 0.150 e. The summed E-state index contributed by atoms with van der Waals surface area (Å²) in [4.78, 5) is 19.5. The molecule has 0 unspecified atom stereocenters. The molecule has 0 aliphatic carbocycles. The van der Waals surface area contributed by atoms with Gasteiger partial charge in [0, 0.05) is 18.6 Å². The molecule has 3 rings (SSSR count). The summed E-state index contributed by atoms with van der Waals surface area (Å²) in [5.74, 6) is 2.12. The number of likely N-dealkylation sites (tertiary alicyclic amines) is 1. The lowest BCUT2D eigenvalue weighted by molar-refractivity contribution is 0.218. The van der Waals surface area contributed by atoms with Gasteiger partial charge in [-0.15, -0.1) is 0 Å². The number of anilines is 2. The summed E-state index contributed by atoms with van der Waals surface area (Å²) < 4.78 is 0. The standard InChI is InChI=1S/C15H20N6/c1-21-6-2-12(3-7-21)8-13-9-17-11-15(19-13)20-14-10-16-4-5-18-14/h4-5,9-12H,2-3,6-8H2,1H3,(H,18,19,20). The third-order valence-corrected chi connectivity index (χ3v) is 3.84. The van der Waals surface area contributed by atoms with Gasteiger partial charge in [0.2, 0.25) is 0 Å². The van der Waals surface area contributed by atoms with Crippen LogP contribution in [0.25, 0.3) is 0 Å². The molecule has 6 nitrogen and oxygen atoms in total. The average molecular weight is 284 g/mol. The number of rotatable bonds is 4. The lowest BCUT2D eigenvalue weighted by Crippen LogP contribution is -2.31. The van der Waals surface area contributed by atoms with Crippen molar-refractivity contribution in [2.75, 3.05) is 25.5 Å². The summed E-state index contributed by atoms with van der Waals surface area (Å²) in [6.45, 7) is 2.35. The molecule has 6 heteroatoms. The molecule has 110 valence electrons. The highest BCUT2D eigenvalue weighted by Crippen LogP contribution is 2.20. The number of hydrogen-bond acceptors (Lipinski definition) is 6.